The third kappa shape index (κ3) is 2.50. The molecule has 2 saturated carbocycles. The largest absolute Gasteiger partial charge is 0.393 e. The molecule has 1 saturated heterocycles. The van der Waals surface area contributed by atoms with Gasteiger partial charge in [-0.3, -0.25) is 4.79 Å². The topological polar surface area (TPSA) is 93.5 Å². The van der Waals surface area contributed by atoms with E-state index in [1.54, 1.807) is 23.9 Å². The van der Waals surface area contributed by atoms with Gasteiger partial charge in [-0.25, -0.2) is 17.5 Å². The molecule has 4 unspecified atom stereocenters. The van der Waals surface area contributed by atoms with Crippen LogP contribution < -0.4 is 5.32 Å². The van der Waals surface area contributed by atoms with Crippen molar-refractivity contribution >= 4 is 34.4 Å². The van der Waals surface area contributed by atoms with Crippen molar-refractivity contribution in [3.63, 3.8) is 0 Å². The second-order valence-electron chi connectivity index (χ2n) is 9.14. The van der Waals surface area contributed by atoms with Crippen molar-refractivity contribution in [3.8, 4) is 0 Å². The molecule has 4 N–H and O–H groups in total. The number of benzene rings is 1. The lowest BCUT2D eigenvalue weighted by Gasteiger charge is -2.81. The molecule has 1 spiro atoms. The van der Waals surface area contributed by atoms with Crippen molar-refractivity contribution < 1.29 is 28.2 Å². The van der Waals surface area contributed by atoms with Crippen molar-refractivity contribution in [2.75, 3.05) is 11.9 Å². The van der Waals surface area contributed by atoms with E-state index in [1.807, 2.05) is 0 Å². The standard InChI is InChI=1S/C22H21F3N4O3S/c1-28-18(19(31)27-10-6-12(23)16(25)13(24)7-10)11-3-5-26-17(11)20(28)33-29-14-2-4-22(14)15(29)8-21(22,32)9-30/h3,5-7,14-15,26,30,32H,2,4,8-9H2,1H3,(H,27,31). The van der Waals surface area contributed by atoms with Gasteiger partial charge in [0.15, 0.2) is 17.5 Å². The number of carbonyl (C=O) groups is 1. The van der Waals surface area contributed by atoms with Crippen LogP contribution in [0.5, 0.6) is 0 Å². The van der Waals surface area contributed by atoms with Crippen molar-refractivity contribution in [3.05, 3.63) is 47.5 Å². The number of rotatable bonds is 5. The zero-order valence-corrected chi connectivity index (χ0v) is 18.3. The molecule has 3 fully saturated rings. The quantitative estimate of drug-likeness (QED) is 0.334. The van der Waals surface area contributed by atoms with E-state index >= 15 is 0 Å². The summed E-state index contributed by atoms with van der Waals surface area (Å²) in [6, 6.07) is 3.52. The maximum atomic E-state index is 13.6. The van der Waals surface area contributed by atoms with Gasteiger partial charge in [-0.1, -0.05) is 0 Å². The molecule has 4 atom stereocenters. The van der Waals surface area contributed by atoms with Gasteiger partial charge in [0.25, 0.3) is 5.91 Å². The third-order valence-corrected chi connectivity index (χ3v) is 9.17. The van der Waals surface area contributed by atoms with Crippen LogP contribution >= 0.6 is 11.9 Å². The van der Waals surface area contributed by atoms with Gasteiger partial charge in [0.05, 0.1) is 17.7 Å². The molecule has 33 heavy (non-hydrogen) atoms. The second kappa shape index (κ2) is 6.78. The van der Waals surface area contributed by atoms with Crippen LogP contribution in [0.25, 0.3) is 10.9 Å². The summed E-state index contributed by atoms with van der Waals surface area (Å²) in [6.45, 7) is -0.238. The molecular formula is C22H21F3N4O3S. The number of H-pyrrole nitrogens is 1. The van der Waals surface area contributed by atoms with E-state index in [0.717, 1.165) is 35.5 Å². The first-order valence-electron chi connectivity index (χ1n) is 10.6. The number of hydrogen-bond donors (Lipinski definition) is 4. The van der Waals surface area contributed by atoms with Crippen LogP contribution in [0.3, 0.4) is 0 Å². The Morgan fingerprint density at radius 2 is 2.03 bits per heavy atom. The predicted molar refractivity (Wildman–Crippen MR) is 115 cm³/mol. The number of carbonyl (C=O) groups excluding carboxylic acids is 1. The summed E-state index contributed by atoms with van der Waals surface area (Å²) in [4.78, 5) is 16.2. The smallest absolute Gasteiger partial charge is 0.273 e. The average Bonchev–Trinajstić information content (AvgIpc) is 3.29. The van der Waals surface area contributed by atoms with Gasteiger partial charge in [-0.2, -0.15) is 0 Å². The van der Waals surface area contributed by atoms with E-state index in [2.05, 4.69) is 14.6 Å². The summed E-state index contributed by atoms with van der Waals surface area (Å²) >= 11 is 1.50. The summed E-state index contributed by atoms with van der Waals surface area (Å²) in [5, 5.41) is 24.2. The van der Waals surface area contributed by atoms with Gasteiger partial charge in [0.1, 0.15) is 10.7 Å². The summed E-state index contributed by atoms with van der Waals surface area (Å²) in [5.74, 6) is -4.95. The van der Waals surface area contributed by atoms with Crippen molar-refractivity contribution in [2.45, 2.75) is 42.0 Å². The van der Waals surface area contributed by atoms with Crippen molar-refractivity contribution in [2.24, 2.45) is 12.5 Å². The number of aliphatic hydroxyl groups is 2. The number of nitrogens with one attached hydrogen (secondary N) is 2. The molecule has 3 heterocycles. The van der Waals surface area contributed by atoms with Gasteiger partial charge in [0.2, 0.25) is 0 Å². The molecule has 174 valence electrons. The normalized spacial score (nSPS) is 30.2. The van der Waals surface area contributed by atoms with E-state index < -0.39 is 29.0 Å². The Kier molecular flexibility index (Phi) is 4.33. The summed E-state index contributed by atoms with van der Waals surface area (Å²) in [7, 11) is 1.73. The fraction of sp³-hybridized carbons (Fsp3) is 0.409. The highest BCUT2D eigenvalue weighted by Crippen LogP contribution is 2.74. The molecule has 2 aromatic heterocycles. The molecule has 7 nitrogen and oxygen atoms in total. The van der Waals surface area contributed by atoms with Gasteiger partial charge < -0.3 is 25.1 Å². The van der Waals surface area contributed by atoms with Crippen LogP contribution in [-0.4, -0.2) is 54.3 Å². The van der Waals surface area contributed by atoms with Crippen molar-refractivity contribution in [1.29, 1.82) is 0 Å². The van der Waals surface area contributed by atoms with E-state index in [4.69, 9.17) is 0 Å². The summed E-state index contributed by atoms with van der Waals surface area (Å²) in [5.41, 5.74) is -0.406. The maximum absolute atomic E-state index is 13.6. The number of hydrogen-bond acceptors (Lipinski definition) is 5. The van der Waals surface area contributed by atoms with E-state index in [0.29, 0.717) is 17.5 Å². The zero-order valence-electron chi connectivity index (χ0n) is 17.5. The minimum Gasteiger partial charge on any atom is -0.393 e. The summed E-state index contributed by atoms with van der Waals surface area (Å²) in [6.07, 6.45) is 4.03. The Morgan fingerprint density at radius 1 is 1.30 bits per heavy atom. The molecule has 11 heteroatoms. The van der Waals surface area contributed by atoms with E-state index in [-0.39, 0.29) is 29.8 Å². The number of aromatic amines is 1. The Bertz CT molecular complexity index is 1290. The molecule has 0 radical (unpaired) electrons. The highest BCUT2D eigenvalue weighted by Gasteiger charge is 2.81. The maximum Gasteiger partial charge on any atom is 0.273 e. The molecule has 2 aliphatic carbocycles. The number of halogens is 3. The van der Waals surface area contributed by atoms with Gasteiger partial charge >= 0.3 is 0 Å². The lowest BCUT2D eigenvalue weighted by Crippen LogP contribution is -2.90. The molecule has 3 aliphatic rings. The monoisotopic (exact) mass is 478 g/mol. The van der Waals surface area contributed by atoms with E-state index in [1.165, 1.54) is 11.9 Å². The van der Waals surface area contributed by atoms with Gasteiger partial charge in [-0.15, -0.1) is 0 Å². The highest BCUT2D eigenvalue weighted by atomic mass is 32.2. The predicted octanol–water partition coefficient (Wildman–Crippen LogP) is 3.14. The average molecular weight is 478 g/mol. The number of fused-ring (bicyclic) bond motifs is 1. The molecule has 6 rings (SSSR count). The van der Waals surface area contributed by atoms with Crippen molar-refractivity contribution in [1.82, 2.24) is 13.9 Å². The lowest BCUT2D eigenvalue weighted by molar-refractivity contribution is -0.348. The van der Waals surface area contributed by atoms with E-state index in [9.17, 15) is 28.2 Å². The number of amides is 1. The Hall–Kier alpha value is -2.47. The van der Waals surface area contributed by atoms with Crippen LogP contribution in [0.1, 0.15) is 29.8 Å². The molecule has 1 aliphatic heterocycles. The molecule has 1 aromatic carbocycles. The van der Waals surface area contributed by atoms with Crippen LogP contribution in [0.2, 0.25) is 0 Å². The third-order valence-electron chi connectivity index (χ3n) is 7.80. The highest BCUT2D eigenvalue weighted by molar-refractivity contribution is 7.97. The molecular weight excluding hydrogens is 457 g/mol. The van der Waals surface area contributed by atoms with Gasteiger partial charge in [0, 0.05) is 53.9 Å². The number of piperidine rings is 2. The first kappa shape index (κ1) is 21.1. The first-order chi connectivity index (χ1) is 15.7. The number of anilines is 1. The minimum absolute atomic E-state index is 0.153. The lowest BCUT2D eigenvalue weighted by atomic mass is 9.37. The van der Waals surface area contributed by atoms with Crippen LogP contribution in [0.4, 0.5) is 18.9 Å². The fourth-order valence-corrected chi connectivity index (χ4v) is 7.51. The second-order valence-corrected chi connectivity index (χ2v) is 10.1. The van der Waals surface area contributed by atoms with Crippen LogP contribution in [0.15, 0.2) is 29.4 Å². The molecule has 3 aromatic rings. The molecule has 0 bridgehead atoms. The Balaban J connectivity index is 1.29. The number of nitrogens with zero attached hydrogens (tertiary/aromatic N) is 2. The zero-order chi connectivity index (χ0) is 23.3. The first-order valence-corrected chi connectivity index (χ1v) is 11.4. The molecule has 1 amide bonds. The minimum atomic E-state index is -1.59. The summed E-state index contributed by atoms with van der Waals surface area (Å²) < 4.78 is 44.4. The Labute approximate surface area is 190 Å². The van der Waals surface area contributed by atoms with Gasteiger partial charge in [-0.05, 0) is 37.3 Å². The SMILES string of the molecule is Cn1c(C(=O)Nc2cc(F)c(F)c(F)c2)c2cc[nH]c2c1SN1C2CCC23C1CC3(O)CO. The van der Waals surface area contributed by atoms with Crippen LogP contribution in [-0.2, 0) is 7.05 Å². The van der Waals surface area contributed by atoms with Crippen LogP contribution in [0, 0.1) is 22.9 Å². The number of aromatic nitrogens is 2. The fourth-order valence-electron chi connectivity index (χ4n) is 6.03. The Morgan fingerprint density at radius 3 is 2.64 bits per heavy atom. The number of aliphatic hydroxyl groups excluding tert-OH is 1.